The van der Waals surface area contributed by atoms with Crippen LogP contribution in [0.5, 0.6) is 5.75 Å². The van der Waals surface area contributed by atoms with Gasteiger partial charge >= 0.3 is 6.03 Å². The van der Waals surface area contributed by atoms with E-state index in [2.05, 4.69) is 45.2 Å². The molecule has 166 valence electrons. The molecule has 2 aliphatic heterocycles. The summed E-state index contributed by atoms with van der Waals surface area (Å²) in [6.45, 7) is 3.73. The number of carbonyl (C=O) groups excluding carboxylic acids is 1. The molecule has 4 atom stereocenters. The monoisotopic (exact) mass is 487 g/mol. The van der Waals surface area contributed by atoms with Gasteiger partial charge in [0.15, 0.2) is 0 Å². The fraction of sp³-hybridized carbons (Fsp3) is 0.458. The number of benzene rings is 2. The SMILES string of the molecule is COc1ccc(NC(=O)N2CCCC(C)N3C(C2)C(c2ccc(Br)cc2)[C@H]3CO)cc1. The molecule has 2 aromatic carbocycles. The molecule has 31 heavy (non-hydrogen) atoms. The van der Waals surface area contributed by atoms with Gasteiger partial charge in [-0.25, -0.2) is 4.79 Å². The molecule has 0 bridgehead atoms. The molecule has 2 fully saturated rings. The smallest absolute Gasteiger partial charge is 0.321 e. The molecule has 2 aliphatic rings. The minimum absolute atomic E-state index is 0.0818. The minimum Gasteiger partial charge on any atom is -0.497 e. The summed E-state index contributed by atoms with van der Waals surface area (Å²) in [4.78, 5) is 17.4. The number of carbonyl (C=O) groups is 1. The molecule has 6 nitrogen and oxygen atoms in total. The number of halogens is 1. The summed E-state index contributed by atoms with van der Waals surface area (Å²) in [5.41, 5.74) is 1.97. The lowest BCUT2D eigenvalue weighted by atomic mass is 9.73. The highest BCUT2D eigenvalue weighted by atomic mass is 79.9. The highest BCUT2D eigenvalue weighted by molar-refractivity contribution is 9.10. The summed E-state index contributed by atoms with van der Waals surface area (Å²) in [7, 11) is 1.63. The number of hydrogen-bond acceptors (Lipinski definition) is 4. The van der Waals surface area contributed by atoms with E-state index in [1.54, 1.807) is 7.11 Å². The van der Waals surface area contributed by atoms with Gasteiger partial charge in [0.25, 0.3) is 0 Å². The first-order valence-electron chi connectivity index (χ1n) is 10.9. The van der Waals surface area contributed by atoms with Crippen molar-refractivity contribution >= 4 is 27.6 Å². The molecule has 2 aromatic rings. The van der Waals surface area contributed by atoms with E-state index in [1.165, 1.54) is 5.56 Å². The molecular weight excluding hydrogens is 458 g/mol. The quantitative estimate of drug-likeness (QED) is 0.674. The van der Waals surface area contributed by atoms with E-state index in [0.717, 1.165) is 35.3 Å². The van der Waals surface area contributed by atoms with Gasteiger partial charge in [-0.15, -0.1) is 0 Å². The largest absolute Gasteiger partial charge is 0.497 e. The summed E-state index contributed by atoms with van der Waals surface area (Å²) >= 11 is 3.51. The van der Waals surface area contributed by atoms with Crippen molar-refractivity contribution in [2.45, 2.75) is 43.8 Å². The van der Waals surface area contributed by atoms with Crippen LogP contribution in [-0.4, -0.2) is 65.9 Å². The van der Waals surface area contributed by atoms with Crippen LogP contribution in [0.2, 0.25) is 0 Å². The molecule has 2 heterocycles. The van der Waals surface area contributed by atoms with E-state index in [4.69, 9.17) is 4.74 Å². The molecule has 4 rings (SSSR count). The third-order valence-electron chi connectivity index (χ3n) is 6.63. The topological polar surface area (TPSA) is 65.0 Å². The Kier molecular flexibility index (Phi) is 6.84. The number of nitrogens with one attached hydrogen (secondary N) is 1. The van der Waals surface area contributed by atoms with Crippen molar-refractivity contribution < 1.29 is 14.6 Å². The number of aliphatic hydroxyl groups is 1. The molecule has 7 heteroatoms. The Labute approximate surface area is 192 Å². The predicted molar refractivity (Wildman–Crippen MR) is 126 cm³/mol. The number of anilines is 1. The molecule has 0 aliphatic carbocycles. The Balaban J connectivity index is 1.53. The van der Waals surface area contributed by atoms with Crippen LogP contribution in [0.3, 0.4) is 0 Å². The average Bonchev–Trinajstić information content (AvgIpc) is 2.75. The van der Waals surface area contributed by atoms with E-state index in [0.29, 0.717) is 12.6 Å². The van der Waals surface area contributed by atoms with Crippen molar-refractivity contribution in [2.75, 3.05) is 32.1 Å². The zero-order valence-corrected chi connectivity index (χ0v) is 19.6. The maximum atomic E-state index is 13.1. The first kappa shape index (κ1) is 22.1. The molecule has 2 amide bonds. The van der Waals surface area contributed by atoms with Crippen LogP contribution >= 0.6 is 15.9 Å². The molecule has 2 saturated heterocycles. The first-order chi connectivity index (χ1) is 15.0. The van der Waals surface area contributed by atoms with Gasteiger partial charge in [0.1, 0.15) is 5.75 Å². The lowest BCUT2D eigenvalue weighted by Crippen LogP contribution is -2.70. The highest BCUT2D eigenvalue weighted by Gasteiger charge is 2.51. The maximum absolute atomic E-state index is 13.1. The number of aliphatic hydroxyl groups excluding tert-OH is 1. The fourth-order valence-electron chi connectivity index (χ4n) is 5.08. The van der Waals surface area contributed by atoms with Crippen LogP contribution in [0.25, 0.3) is 0 Å². The van der Waals surface area contributed by atoms with E-state index < -0.39 is 0 Å². The van der Waals surface area contributed by atoms with Crippen LogP contribution in [0.1, 0.15) is 31.2 Å². The number of fused-ring (bicyclic) bond motifs is 1. The molecule has 3 unspecified atom stereocenters. The van der Waals surface area contributed by atoms with Crippen LogP contribution in [0.4, 0.5) is 10.5 Å². The Hall–Kier alpha value is -2.09. The summed E-state index contributed by atoms with van der Waals surface area (Å²) in [5, 5.41) is 13.2. The second-order valence-corrected chi connectivity index (χ2v) is 9.35. The van der Waals surface area contributed by atoms with Crippen molar-refractivity contribution in [3.05, 3.63) is 58.6 Å². The maximum Gasteiger partial charge on any atom is 0.321 e. The number of ether oxygens (including phenoxy) is 1. The van der Waals surface area contributed by atoms with E-state index in [-0.39, 0.29) is 30.6 Å². The summed E-state index contributed by atoms with van der Waals surface area (Å²) in [5.74, 6) is 0.964. The van der Waals surface area contributed by atoms with Crippen LogP contribution in [-0.2, 0) is 0 Å². The van der Waals surface area contributed by atoms with Gasteiger partial charge in [-0.2, -0.15) is 0 Å². The zero-order chi connectivity index (χ0) is 22.0. The average molecular weight is 488 g/mol. The standard InChI is InChI=1S/C24H30BrN3O3/c1-16-4-3-13-27(24(30)26-19-9-11-20(31-2)12-10-19)14-21-23(22(15-29)28(16)21)17-5-7-18(25)8-6-17/h5-12,16,21-23,29H,3-4,13-15H2,1-2H3,(H,26,30)/t16?,21?,22-,23?/m1/s1. The van der Waals surface area contributed by atoms with Crippen molar-refractivity contribution in [3.63, 3.8) is 0 Å². The van der Waals surface area contributed by atoms with Gasteiger partial charge in [-0.3, -0.25) is 4.90 Å². The van der Waals surface area contributed by atoms with Crippen molar-refractivity contribution in [1.29, 1.82) is 0 Å². The van der Waals surface area contributed by atoms with Gasteiger partial charge in [0.05, 0.1) is 13.7 Å². The van der Waals surface area contributed by atoms with Gasteiger partial charge < -0.3 is 20.1 Å². The first-order valence-corrected chi connectivity index (χ1v) is 11.6. The summed E-state index contributed by atoms with van der Waals surface area (Å²) < 4.78 is 6.24. The molecule has 0 aromatic heterocycles. The van der Waals surface area contributed by atoms with Gasteiger partial charge in [-0.1, -0.05) is 28.1 Å². The second kappa shape index (κ2) is 9.59. The van der Waals surface area contributed by atoms with Gasteiger partial charge in [-0.05, 0) is 61.7 Å². The van der Waals surface area contributed by atoms with Crippen LogP contribution in [0, 0.1) is 0 Å². The number of methoxy groups -OCH3 is 1. The third kappa shape index (κ3) is 4.59. The van der Waals surface area contributed by atoms with Gasteiger partial charge in [0.2, 0.25) is 0 Å². The predicted octanol–water partition coefficient (Wildman–Crippen LogP) is 4.30. The Bertz CT molecular complexity index is 890. The molecule has 0 radical (unpaired) electrons. The normalized spacial score (nSPS) is 26.3. The fourth-order valence-corrected chi connectivity index (χ4v) is 5.34. The Morgan fingerprint density at radius 2 is 1.90 bits per heavy atom. The van der Waals surface area contributed by atoms with Crippen LogP contribution in [0.15, 0.2) is 53.0 Å². The second-order valence-electron chi connectivity index (χ2n) is 8.44. The summed E-state index contributed by atoms with van der Waals surface area (Å²) in [6.07, 6.45) is 1.95. The molecular formula is C24H30BrN3O3. The third-order valence-corrected chi connectivity index (χ3v) is 7.16. The van der Waals surface area contributed by atoms with Gasteiger partial charge in [0, 0.05) is 47.3 Å². The number of amides is 2. The lowest BCUT2D eigenvalue weighted by molar-refractivity contribution is -0.0854. The van der Waals surface area contributed by atoms with E-state index in [1.807, 2.05) is 41.3 Å². The minimum atomic E-state index is -0.0818. The lowest BCUT2D eigenvalue weighted by Gasteiger charge is -2.59. The number of rotatable bonds is 4. The Morgan fingerprint density at radius 1 is 1.19 bits per heavy atom. The van der Waals surface area contributed by atoms with E-state index >= 15 is 0 Å². The molecule has 2 N–H and O–H groups in total. The summed E-state index contributed by atoms with van der Waals surface area (Å²) in [6, 6.07) is 16.3. The number of hydrogen-bond donors (Lipinski definition) is 2. The van der Waals surface area contributed by atoms with Crippen molar-refractivity contribution in [3.8, 4) is 5.75 Å². The Morgan fingerprint density at radius 3 is 2.55 bits per heavy atom. The van der Waals surface area contributed by atoms with E-state index in [9.17, 15) is 9.90 Å². The highest BCUT2D eigenvalue weighted by Crippen LogP contribution is 2.44. The zero-order valence-electron chi connectivity index (χ0n) is 18.0. The molecule has 0 spiro atoms. The van der Waals surface area contributed by atoms with Crippen LogP contribution < -0.4 is 10.1 Å². The number of nitrogens with zero attached hydrogens (tertiary/aromatic N) is 2. The number of urea groups is 1. The molecule has 0 saturated carbocycles. The van der Waals surface area contributed by atoms with Crippen molar-refractivity contribution in [2.24, 2.45) is 0 Å². The van der Waals surface area contributed by atoms with Crippen molar-refractivity contribution in [1.82, 2.24) is 9.80 Å².